The minimum Gasteiger partial charge on any atom is -0.334 e. The Morgan fingerprint density at radius 3 is 2.87 bits per heavy atom. The lowest BCUT2D eigenvalue weighted by Gasteiger charge is -2.09. The van der Waals surface area contributed by atoms with Gasteiger partial charge in [-0.3, -0.25) is 4.84 Å². The molecule has 7 heteroatoms. The van der Waals surface area contributed by atoms with Gasteiger partial charge in [0.25, 0.3) is 0 Å². The molecular formula is C8H12F3N3O. The number of rotatable bonds is 5. The summed E-state index contributed by atoms with van der Waals surface area (Å²) < 4.78 is 36.9. The van der Waals surface area contributed by atoms with Crippen molar-refractivity contribution < 1.29 is 18.0 Å². The second-order valence-corrected chi connectivity index (χ2v) is 2.90. The second-order valence-electron chi connectivity index (χ2n) is 2.90. The molecule has 0 aromatic carbocycles. The van der Waals surface area contributed by atoms with Gasteiger partial charge in [-0.1, -0.05) is 0 Å². The largest absolute Gasteiger partial charge is 0.413 e. The normalized spacial score (nSPS) is 12.0. The summed E-state index contributed by atoms with van der Waals surface area (Å²) in [6.07, 6.45) is -1.12. The first kappa shape index (κ1) is 12.0. The zero-order chi connectivity index (χ0) is 11.3. The maximum atomic E-state index is 11.7. The zero-order valence-electron chi connectivity index (χ0n) is 8.21. The van der Waals surface area contributed by atoms with Crippen LogP contribution in [0.1, 0.15) is 12.6 Å². The van der Waals surface area contributed by atoms with Crippen molar-refractivity contribution in [2.24, 2.45) is 0 Å². The fourth-order valence-electron chi connectivity index (χ4n) is 1.04. The Bertz CT molecular complexity index is 298. The Hall–Kier alpha value is -1.08. The molecule has 0 radical (unpaired) electrons. The molecule has 0 saturated carbocycles. The molecule has 1 aromatic rings. The van der Waals surface area contributed by atoms with Crippen LogP contribution in [-0.2, 0) is 17.9 Å². The summed E-state index contributed by atoms with van der Waals surface area (Å²) >= 11 is 0. The number of hydrogen-bond acceptors (Lipinski definition) is 3. The van der Waals surface area contributed by atoms with Gasteiger partial charge in [0.15, 0.2) is 6.61 Å². The topological polar surface area (TPSA) is 39.1 Å². The molecule has 0 aliphatic rings. The van der Waals surface area contributed by atoms with E-state index in [-0.39, 0.29) is 6.54 Å². The van der Waals surface area contributed by atoms with E-state index in [1.54, 1.807) is 12.5 Å². The summed E-state index contributed by atoms with van der Waals surface area (Å²) in [6.45, 7) is 1.54. The van der Waals surface area contributed by atoms with Crippen LogP contribution in [0.4, 0.5) is 13.2 Å². The third kappa shape index (κ3) is 4.30. The molecular weight excluding hydrogens is 211 g/mol. The highest BCUT2D eigenvalue weighted by Crippen LogP contribution is 2.13. The maximum Gasteiger partial charge on any atom is 0.413 e. The number of halogens is 3. The highest BCUT2D eigenvalue weighted by atomic mass is 19.4. The SMILES string of the molecule is CCn1cncc1CNOCC(F)(F)F. The molecule has 86 valence electrons. The van der Waals surface area contributed by atoms with E-state index in [9.17, 15) is 13.2 Å². The van der Waals surface area contributed by atoms with Gasteiger partial charge in [0, 0.05) is 12.7 Å². The molecule has 0 saturated heterocycles. The van der Waals surface area contributed by atoms with Gasteiger partial charge in [-0.2, -0.15) is 18.7 Å². The van der Waals surface area contributed by atoms with E-state index in [4.69, 9.17) is 0 Å². The van der Waals surface area contributed by atoms with Crippen LogP contribution in [0, 0.1) is 0 Å². The first-order valence-corrected chi connectivity index (χ1v) is 4.43. The van der Waals surface area contributed by atoms with E-state index in [2.05, 4.69) is 15.3 Å². The second kappa shape index (κ2) is 5.13. The van der Waals surface area contributed by atoms with E-state index in [0.717, 1.165) is 12.2 Å². The summed E-state index contributed by atoms with van der Waals surface area (Å²) in [7, 11) is 0. The van der Waals surface area contributed by atoms with E-state index in [1.165, 1.54) is 0 Å². The van der Waals surface area contributed by atoms with Crippen molar-refractivity contribution in [3.05, 3.63) is 18.2 Å². The molecule has 0 amide bonds. The molecule has 1 aromatic heterocycles. The van der Waals surface area contributed by atoms with E-state index < -0.39 is 12.8 Å². The van der Waals surface area contributed by atoms with Crippen LogP contribution in [-0.4, -0.2) is 22.3 Å². The molecule has 1 heterocycles. The number of alkyl halides is 3. The summed E-state index contributed by atoms with van der Waals surface area (Å²) in [5.74, 6) is 0. The van der Waals surface area contributed by atoms with Crippen LogP contribution in [0.3, 0.4) is 0 Å². The average molecular weight is 223 g/mol. The van der Waals surface area contributed by atoms with E-state index in [0.29, 0.717) is 0 Å². The van der Waals surface area contributed by atoms with Crippen molar-refractivity contribution >= 4 is 0 Å². The molecule has 0 atom stereocenters. The third-order valence-electron chi connectivity index (χ3n) is 1.73. The molecule has 1 N–H and O–H groups in total. The quantitative estimate of drug-likeness (QED) is 0.607. The first-order chi connectivity index (χ1) is 7.03. The smallest absolute Gasteiger partial charge is 0.334 e. The molecule has 0 spiro atoms. The lowest BCUT2D eigenvalue weighted by atomic mass is 10.4. The maximum absolute atomic E-state index is 11.7. The standard InChI is InChI=1S/C8H12F3N3O/c1-2-14-6-12-3-7(14)4-13-15-5-8(9,10)11/h3,6,13H,2,4-5H2,1H3. The van der Waals surface area contributed by atoms with Crippen molar-refractivity contribution in [2.75, 3.05) is 6.61 Å². The van der Waals surface area contributed by atoms with Crippen LogP contribution in [0.25, 0.3) is 0 Å². The van der Waals surface area contributed by atoms with Gasteiger partial charge >= 0.3 is 6.18 Å². The number of hydroxylamine groups is 1. The van der Waals surface area contributed by atoms with Gasteiger partial charge in [-0.05, 0) is 6.92 Å². The van der Waals surface area contributed by atoms with Crippen LogP contribution < -0.4 is 5.48 Å². The molecule has 0 aliphatic carbocycles. The molecule has 0 unspecified atom stereocenters. The Balaban J connectivity index is 2.26. The molecule has 0 fully saturated rings. The van der Waals surface area contributed by atoms with Gasteiger partial charge in [0.2, 0.25) is 0 Å². The summed E-state index contributed by atoms with van der Waals surface area (Å²) in [4.78, 5) is 8.12. The Kier molecular flexibility index (Phi) is 4.10. The summed E-state index contributed by atoms with van der Waals surface area (Å²) in [6, 6.07) is 0. The lowest BCUT2D eigenvalue weighted by Crippen LogP contribution is -2.25. The number of nitrogens with zero attached hydrogens (tertiary/aromatic N) is 2. The Morgan fingerprint density at radius 2 is 2.27 bits per heavy atom. The van der Waals surface area contributed by atoms with Crippen molar-refractivity contribution in [1.29, 1.82) is 0 Å². The number of nitrogens with one attached hydrogen (secondary N) is 1. The van der Waals surface area contributed by atoms with Crippen molar-refractivity contribution in [1.82, 2.24) is 15.0 Å². The minimum atomic E-state index is -4.31. The Labute approximate surface area is 85.0 Å². The highest BCUT2D eigenvalue weighted by molar-refractivity contribution is 4.96. The number of hydrogen-bond donors (Lipinski definition) is 1. The predicted octanol–water partition coefficient (Wildman–Crippen LogP) is 1.49. The van der Waals surface area contributed by atoms with E-state index in [1.807, 2.05) is 11.5 Å². The third-order valence-corrected chi connectivity index (χ3v) is 1.73. The molecule has 0 bridgehead atoms. The minimum absolute atomic E-state index is 0.198. The van der Waals surface area contributed by atoms with Crippen LogP contribution in [0.2, 0.25) is 0 Å². The lowest BCUT2D eigenvalue weighted by molar-refractivity contribution is -0.190. The fourth-order valence-corrected chi connectivity index (χ4v) is 1.04. The molecule has 1 rings (SSSR count). The van der Waals surface area contributed by atoms with Gasteiger partial charge < -0.3 is 4.57 Å². The van der Waals surface area contributed by atoms with Gasteiger partial charge in [0.05, 0.1) is 18.6 Å². The fraction of sp³-hybridized carbons (Fsp3) is 0.625. The number of aryl methyl sites for hydroxylation is 1. The zero-order valence-corrected chi connectivity index (χ0v) is 8.21. The first-order valence-electron chi connectivity index (χ1n) is 4.43. The van der Waals surface area contributed by atoms with Gasteiger partial charge in [0.1, 0.15) is 0 Å². The van der Waals surface area contributed by atoms with Crippen molar-refractivity contribution in [2.45, 2.75) is 26.2 Å². The van der Waals surface area contributed by atoms with Crippen molar-refractivity contribution in [3.8, 4) is 0 Å². The molecule has 4 nitrogen and oxygen atoms in total. The average Bonchev–Trinajstić information content (AvgIpc) is 2.58. The highest BCUT2D eigenvalue weighted by Gasteiger charge is 2.27. The number of imidazole rings is 1. The van der Waals surface area contributed by atoms with Crippen LogP contribution >= 0.6 is 0 Å². The predicted molar refractivity (Wildman–Crippen MR) is 46.7 cm³/mol. The van der Waals surface area contributed by atoms with Crippen LogP contribution in [0.5, 0.6) is 0 Å². The summed E-state index contributed by atoms with van der Waals surface area (Å²) in [5, 5.41) is 0. The molecule has 0 aliphatic heterocycles. The molecule has 15 heavy (non-hydrogen) atoms. The summed E-state index contributed by atoms with van der Waals surface area (Å²) in [5.41, 5.74) is 3.02. The number of aromatic nitrogens is 2. The van der Waals surface area contributed by atoms with Crippen molar-refractivity contribution in [3.63, 3.8) is 0 Å². The van der Waals surface area contributed by atoms with Crippen LogP contribution in [0.15, 0.2) is 12.5 Å². The van der Waals surface area contributed by atoms with Gasteiger partial charge in [-0.25, -0.2) is 4.98 Å². The van der Waals surface area contributed by atoms with E-state index >= 15 is 0 Å². The Morgan fingerprint density at radius 1 is 1.53 bits per heavy atom. The van der Waals surface area contributed by atoms with Gasteiger partial charge in [-0.15, -0.1) is 0 Å². The monoisotopic (exact) mass is 223 g/mol.